The fourth-order valence-electron chi connectivity index (χ4n) is 3.15. The Balaban J connectivity index is 1.99. The van der Waals surface area contributed by atoms with E-state index in [2.05, 4.69) is 63.3 Å². The fourth-order valence-corrected chi connectivity index (χ4v) is 3.15. The van der Waals surface area contributed by atoms with Crippen LogP contribution in [0.1, 0.15) is 65.0 Å². The van der Waals surface area contributed by atoms with Gasteiger partial charge in [-0.05, 0) is 42.6 Å². The average Bonchev–Trinajstić information content (AvgIpc) is 2.38. The Morgan fingerprint density at radius 2 is 1.63 bits per heavy atom. The van der Waals surface area contributed by atoms with Crippen molar-refractivity contribution >= 4 is 0 Å². The minimum absolute atomic E-state index is 0.493. The predicted octanol–water partition coefficient (Wildman–Crippen LogP) is 4.94. The van der Waals surface area contributed by atoms with Gasteiger partial charge in [0.2, 0.25) is 0 Å². The maximum absolute atomic E-state index is 3.91. The van der Waals surface area contributed by atoms with Crippen LogP contribution in [0.25, 0.3) is 0 Å². The second-order valence-corrected chi connectivity index (χ2v) is 7.24. The Morgan fingerprint density at radius 1 is 1.05 bits per heavy atom. The summed E-state index contributed by atoms with van der Waals surface area (Å²) < 4.78 is 0. The van der Waals surface area contributed by atoms with Gasteiger partial charge in [-0.1, -0.05) is 58.0 Å². The lowest BCUT2D eigenvalue weighted by molar-refractivity contribution is 0.190. The highest BCUT2D eigenvalue weighted by atomic mass is 15.0. The largest absolute Gasteiger partial charge is 0.307 e. The number of rotatable bonds is 4. The topological polar surface area (TPSA) is 12.0 Å². The molecule has 1 fully saturated rings. The number of hydrogen-bond acceptors (Lipinski definition) is 1. The molecular weight excluding hydrogens is 230 g/mol. The first-order valence-corrected chi connectivity index (χ1v) is 7.79. The van der Waals surface area contributed by atoms with E-state index in [9.17, 15) is 0 Å². The highest BCUT2D eigenvalue weighted by Gasteiger charge is 2.28. The van der Waals surface area contributed by atoms with Gasteiger partial charge in [0.1, 0.15) is 0 Å². The lowest BCUT2D eigenvalue weighted by Gasteiger charge is -2.37. The third-order valence-electron chi connectivity index (χ3n) is 4.58. The van der Waals surface area contributed by atoms with E-state index in [4.69, 9.17) is 0 Å². The molecule has 106 valence electrons. The quantitative estimate of drug-likeness (QED) is 0.807. The average molecular weight is 259 g/mol. The monoisotopic (exact) mass is 259 g/mol. The van der Waals surface area contributed by atoms with Gasteiger partial charge in [0, 0.05) is 12.1 Å². The lowest BCUT2D eigenvalue weighted by Crippen LogP contribution is -2.39. The highest BCUT2D eigenvalue weighted by molar-refractivity contribution is 5.19. The first kappa shape index (κ1) is 14.6. The van der Waals surface area contributed by atoms with Crippen molar-refractivity contribution in [1.29, 1.82) is 0 Å². The van der Waals surface area contributed by atoms with Gasteiger partial charge in [-0.25, -0.2) is 0 Å². The zero-order chi connectivity index (χ0) is 13.9. The normalized spacial score (nSPS) is 21.5. The molecule has 1 aliphatic carbocycles. The van der Waals surface area contributed by atoms with Crippen LogP contribution in [0.15, 0.2) is 30.3 Å². The molecule has 0 saturated heterocycles. The van der Waals surface area contributed by atoms with Gasteiger partial charge in [0.05, 0.1) is 0 Å². The van der Waals surface area contributed by atoms with Crippen LogP contribution in [-0.4, -0.2) is 6.04 Å². The van der Waals surface area contributed by atoms with Gasteiger partial charge in [-0.2, -0.15) is 0 Å². The van der Waals surface area contributed by atoms with Crippen molar-refractivity contribution in [2.75, 3.05) is 0 Å². The van der Waals surface area contributed by atoms with Gasteiger partial charge < -0.3 is 5.32 Å². The summed E-state index contributed by atoms with van der Waals surface area (Å²) in [4.78, 5) is 0. The molecule has 1 nitrogen and oxygen atoms in total. The Bertz CT molecular complexity index is 370. The molecule has 0 aromatic heterocycles. The van der Waals surface area contributed by atoms with Crippen LogP contribution in [-0.2, 0) is 0 Å². The molecule has 0 amide bonds. The Labute approximate surface area is 118 Å². The molecule has 1 aromatic rings. The highest BCUT2D eigenvalue weighted by Crippen LogP contribution is 2.36. The van der Waals surface area contributed by atoms with Crippen molar-refractivity contribution in [2.45, 2.75) is 65.5 Å². The van der Waals surface area contributed by atoms with Crippen LogP contribution >= 0.6 is 0 Å². The van der Waals surface area contributed by atoms with Crippen molar-refractivity contribution in [1.82, 2.24) is 5.32 Å². The van der Waals surface area contributed by atoms with E-state index in [-0.39, 0.29) is 0 Å². The molecule has 1 unspecified atom stereocenters. The van der Waals surface area contributed by atoms with Crippen molar-refractivity contribution in [3.63, 3.8) is 0 Å². The molecule has 2 rings (SSSR count). The molecule has 1 atom stereocenters. The third-order valence-corrected chi connectivity index (χ3v) is 4.58. The summed E-state index contributed by atoms with van der Waals surface area (Å²) in [5.41, 5.74) is 1.99. The van der Waals surface area contributed by atoms with E-state index >= 15 is 0 Å². The second-order valence-electron chi connectivity index (χ2n) is 7.24. The number of hydrogen-bond donors (Lipinski definition) is 1. The van der Waals surface area contributed by atoms with Crippen molar-refractivity contribution < 1.29 is 0 Å². The van der Waals surface area contributed by atoms with Gasteiger partial charge >= 0.3 is 0 Å². The van der Waals surface area contributed by atoms with Crippen LogP contribution in [0.4, 0.5) is 0 Å². The molecule has 1 N–H and O–H groups in total. The molecule has 1 saturated carbocycles. The van der Waals surface area contributed by atoms with E-state index in [1.807, 2.05) is 0 Å². The maximum atomic E-state index is 3.91. The molecular formula is C18H29N. The zero-order valence-electron chi connectivity index (χ0n) is 12.9. The van der Waals surface area contributed by atoms with Crippen LogP contribution in [0.5, 0.6) is 0 Å². The van der Waals surface area contributed by atoms with Gasteiger partial charge in [-0.15, -0.1) is 0 Å². The van der Waals surface area contributed by atoms with Gasteiger partial charge in [0.15, 0.2) is 0 Å². The van der Waals surface area contributed by atoms with E-state index < -0.39 is 0 Å². The SMILES string of the molecule is CC(C)C(NC1CCC(C)(C)CC1)c1ccccc1. The standard InChI is InChI=1S/C18H29N/c1-14(2)17(15-8-6-5-7-9-15)19-16-10-12-18(3,4)13-11-16/h5-9,14,16-17,19H,10-13H2,1-4H3. The van der Waals surface area contributed by atoms with Crippen LogP contribution in [0.3, 0.4) is 0 Å². The summed E-state index contributed by atoms with van der Waals surface area (Å²) in [5, 5.41) is 3.91. The van der Waals surface area contributed by atoms with Crippen LogP contribution in [0.2, 0.25) is 0 Å². The summed E-state index contributed by atoms with van der Waals surface area (Å²) in [6.07, 6.45) is 5.35. The summed E-state index contributed by atoms with van der Waals surface area (Å²) in [5.74, 6) is 0.636. The zero-order valence-corrected chi connectivity index (χ0v) is 12.9. The predicted molar refractivity (Wildman–Crippen MR) is 83.2 cm³/mol. The minimum atomic E-state index is 0.493. The Morgan fingerprint density at radius 3 is 2.16 bits per heavy atom. The smallest absolute Gasteiger partial charge is 0.0345 e. The van der Waals surface area contributed by atoms with Gasteiger partial charge in [-0.3, -0.25) is 0 Å². The second kappa shape index (κ2) is 6.09. The van der Waals surface area contributed by atoms with Crippen LogP contribution in [0, 0.1) is 11.3 Å². The number of nitrogens with one attached hydrogen (secondary N) is 1. The first-order valence-electron chi connectivity index (χ1n) is 7.79. The van der Waals surface area contributed by atoms with E-state index in [0.717, 1.165) is 0 Å². The third kappa shape index (κ3) is 4.07. The molecule has 1 aromatic carbocycles. The molecule has 0 heterocycles. The van der Waals surface area contributed by atoms with Crippen molar-refractivity contribution in [3.05, 3.63) is 35.9 Å². The van der Waals surface area contributed by atoms with Crippen LogP contribution < -0.4 is 5.32 Å². The Hall–Kier alpha value is -0.820. The molecule has 0 aliphatic heterocycles. The number of benzene rings is 1. The molecule has 0 bridgehead atoms. The molecule has 0 spiro atoms. The Kier molecular flexibility index (Phi) is 4.67. The summed E-state index contributed by atoms with van der Waals surface area (Å²) >= 11 is 0. The van der Waals surface area contributed by atoms with E-state index in [1.165, 1.54) is 31.2 Å². The summed E-state index contributed by atoms with van der Waals surface area (Å²) in [6.45, 7) is 9.44. The minimum Gasteiger partial charge on any atom is -0.307 e. The van der Waals surface area contributed by atoms with E-state index in [1.54, 1.807) is 0 Å². The summed E-state index contributed by atoms with van der Waals surface area (Å²) in [6, 6.07) is 12.1. The van der Waals surface area contributed by atoms with Gasteiger partial charge in [0.25, 0.3) is 0 Å². The fraction of sp³-hybridized carbons (Fsp3) is 0.667. The molecule has 1 aliphatic rings. The molecule has 19 heavy (non-hydrogen) atoms. The van der Waals surface area contributed by atoms with Crippen molar-refractivity contribution in [3.8, 4) is 0 Å². The summed E-state index contributed by atoms with van der Waals surface area (Å²) in [7, 11) is 0. The molecule has 1 heteroatoms. The van der Waals surface area contributed by atoms with E-state index in [0.29, 0.717) is 23.4 Å². The lowest BCUT2D eigenvalue weighted by atomic mass is 9.75. The maximum Gasteiger partial charge on any atom is 0.0345 e. The molecule has 0 radical (unpaired) electrons. The first-order chi connectivity index (χ1) is 8.98. The van der Waals surface area contributed by atoms with Crippen molar-refractivity contribution in [2.24, 2.45) is 11.3 Å².